The van der Waals surface area contributed by atoms with Crippen molar-refractivity contribution in [2.24, 2.45) is 10.2 Å². The third kappa shape index (κ3) is 3.83. The van der Waals surface area contributed by atoms with E-state index in [1.807, 2.05) is 13.0 Å². The maximum atomic E-state index is 13.7. The molecule has 2 aromatic rings. The van der Waals surface area contributed by atoms with Gasteiger partial charge in [-0.15, -0.1) is 0 Å². The van der Waals surface area contributed by atoms with Gasteiger partial charge in [0.15, 0.2) is 0 Å². The van der Waals surface area contributed by atoms with Gasteiger partial charge in [-0.25, -0.2) is 8.78 Å². The highest BCUT2D eigenvalue weighted by atomic mass is 19.1. The van der Waals surface area contributed by atoms with Gasteiger partial charge in [-0.3, -0.25) is 0 Å². The van der Waals surface area contributed by atoms with Crippen LogP contribution in [0.2, 0.25) is 0 Å². The first-order chi connectivity index (χ1) is 10.6. The van der Waals surface area contributed by atoms with Crippen molar-refractivity contribution in [1.82, 2.24) is 0 Å². The summed E-state index contributed by atoms with van der Waals surface area (Å²) in [4.78, 5) is 0. The van der Waals surface area contributed by atoms with Crippen molar-refractivity contribution in [1.29, 1.82) is 5.26 Å². The molecule has 0 unspecified atom stereocenters. The molecule has 0 atom stereocenters. The van der Waals surface area contributed by atoms with Crippen LogP contribution < -0.4 is 0 Å². The van der Waals surface area contributed by atoms with Crippen LogP contribution in [0, 0.1) is 23.0 Å². The molecule has 0 saturated heterocycles. The molecule has 0 N–H and O–H groups in total. The molecule has 110 valence electrons. The van der Waals surface area contributed by atoms with E-state index in [0.717, 1.165) is 11.8 Å². The van der Waals surface area contributed by atoms with Gasteiger partial charge < -0.3 is 0 Å². The van der Waals surface area contributed by atoms with Crippen LogP contribution in [0.15, 0.2) is 46.6 Å². The molecule has 0 aromatic heterocycles. The zero-order valence-corrected chi connectivity index (χ0v) is 11.9. The topological polar surface area (TPSA) is 48.5 Å². The summed E-state index contributed by atoms with van der Waals surface area (Å²) in [7, 11) is 0. The van der Waals surface area contributed by atoms with E-state index in [1.54, 1.807) is 24.3 Å². The van der Waals surface area contributed by atoms with Crippen LogP contribution in [0.5, 0.6) is 0 Å². The second-order valence-corrected chi connectivity index (χ2v) is 4.55. The molecular weight excluding hydrogens is 284 g/mol. The van der Waals surface area contributed by atoms with Gasteiger partial charge in [0, 0.05) is 0 Å². The van der Waals surface area contributed by atoms with Gasteiger partial charge in [0.05, 0.1) is 29.6 Å². The molecule has 2 aromatic carbocycles. The molecule has 2 rings (SSSR count). The van der Waals surface area contributed by atoms with Crippen LogP contribution >= 0.6 is 0 Å². The fourth-order valence-corrected chi connectivity index (χ4v) is 1.80. The van der Waals surface area contributed by atoms with Gasteiger partial charge in [0.2, 0.25) is 0 Å². The van der Waals surface area contributed by atoms with Crippen LogP contribution in [0.1, 0.15) is 29.2 Å². The summed E-state index contributed by atoms with van der Waals surface area (Å²) in [6.45, 7) is 1.82. The first-order valence-corrected chi connectivity index (χ1v) is 6.68. The predicted octanol–water partition coefficient (Wildman–Crippen LogP) is 3.85. The van der Waals surface area contributed by atoms with Crippen LogP contribution in [-0.4, -0.2) is 12.4 Å². The molecule has 0 bridgehead atoms. The average molecular weight is 297 g/mol. The summed E-state index contributed by atoms with van der Waals surface area (Å²) in [6, 6.07) is 11.3. The molecule has 5 heteroatoms. The van der Waals surface area contributed by atoms with Gasteiger partial charge in [-0.05, 0) is 41.8 Å². The van der Waals surface area contributed by atoms with E-state index < -0.39 is 11.6 Å². The molecule has 0 aliphatic heterocycles. The minimum absolute atomic E-state index is 0.214. The van der Waals surface area contributed by atoms with Crippen LogP contribution in [0.25, 0.3) is 0 Å². The maximum absolute atomic E-state index is 13.7. The highest BCUT2D eigenvalue weighted by Crippen LogP contribution is 2.14. The third-order valence-corrected chi connectivity index (χ3v) is 3.05. The van der Waals surface area contributed by atoms with E-state index >= 15 is 0 Å². The Labute approximate surface area is 127 Å². The Bertz CT molecular complexity index is 733. The molecule has 22 heavy (non-hydrogen) atoms. The predicted molar refractivity (Wildman–Crippen MR) is 82.1 cm³/mol. The number of hydrogen-bond donors (Lipinski definition) is 0. The van der Waals surface area contributed by atoms with E-state index in [-0.39, 0.29) is 5.56 Å². The first kappa shape index (κ1) is 15.5. The second kappa shape index (κ2) is 7.23. The molecule has 0 fully saturated rings. The van der Waals surface area contributed by atoms with Crippen molar-refractivity contribution in [3.05, 3.63) is 70.3 Å². The van der Waals surface area contributed by atoms with Gasteiger partial charge in [0.25, 0.3) is 0 Å². The molecule has 0 radical (unpaired) electrons. The minimum Gasteiger partial charge on any atom is -0.206 e. The Balaban J connectivity index is 2.12. The fourth-order valence-electron chi connectivity index (χ4n) is 1.80. The third-order valence-electron chi connectivity index (χ3n) is 3.05. The second-order valence-electron chi connectivity index (χ2n) is 4.55. The summed E-state index contributed by atoms with van der Waals surface area (Å²) in [5.74, 6) is -1.32. The Morgan fingerprint density at radius 3 is 2.18 bits per heavy atom. The highest BCUT2D eigenvalue weighted by molar-refractivity contribution is 5.83. The molecule has 0 aliphatic rings. The smallest absolute Gasteiger partial charge is 0.135 e. The van der Waals surface area contributed by atoms with Gasteiger partial charge in [-0.2, -0.15) is 15.5 Å². The van der Waals surface area contributed by atoms with Crippen molar-refractivity contribution >= 4 is 12.4 Å². The molecule has 0 heterocycles. The number of hydrogen-bond acceptors (Lipinski definition) is 3. The first-order valence-electron chi connectivity index (χ1n) is 6.68. The average Bonchev–Trinajstić information content (AvgIpc) is 2.53. The minimum atomic E-state index is -0.658. The highest BCUT2D eigenvalue weighted by Gasteiger charge is 2.08. The molecular formula is C17H13F2N3. The summed E-state index contributed by atoms with van der Waals surface area (Å²) in [5.41, 5.74) is 1.65. The van der Waals surface area contributed by atoms with Crippen molar-refractivity contribution in [2.45, 2.75) is 13.3 Å². The van der Waals surface area contributed by atoms with Crippen molar-refractivity contribution in [3.63, 3.8) is 0 Å². The van der Waals surface area contributed by atoms with Crippen molar-refractivity contribution < 1.29 is 8.78 Å². The maximum Gasteiger partial charge on any atom is 0.135 e. The summed E-state index contributed by atoms with van der Waals surface area (Å²) in [6.07, 6.45) is 3.04. The van der Waals surface area contributed by atoms with E-state index in [1.165, 1.54) is 18.3 Å². The zero-order valence-electron chi connectivity index (χ0n) is 11.9. The summed E-state index contributed by atoms with van der Waals surface area (Å²) in [5, 5.41) is 16.1. The molecule has 0 amide bonds. The number of nitriles is 1. The van der Waals surface area contributed by atoms with E-state index in [2.05, 4.69) is 10.2 Å². The summed E-state index contributed by atoms with van der Waals surface area (Å²) < 4.78 is 27.4. The Kier molecular flexibility index (Phi) is 5.10. The molecule has 3 nitrogen and oxygen atoms in total. The standard InChI is InChI=1S/C17H13F2N3/c1-2-12-7-16(18)15(17(19)8-12)11-22-21-10-14-5-3-13(9-20)4-6-14/h3-8,10-11H,2H2,1H3. The molecule has 0 saturated carbocycles. The lowest BCUT2D eigenvalue weighted by Crippen LogP contribution is -1.96. The quantitative estimate of drug-likeness (QED) is 0.624. The Hall–Kier alpha value is -2.87. The number of nitrogens with zero attached hydrogens (tertiary/aromatic N) is 3. The number of halogens is 2. The lowest BCUT2D eigenvalue weighted by atomic mass is 10.1. The SMILES string of the molecule is CCc1cc(F)c(C=NN=Cc2ccc(C#N)cc2)c(F)c1. The van der Waals surface area contributed by atoms with Gasteiger partial charge >= 0.3 is 0 Å². The van der Waals surface area contributed by atoms with Crippen molar-refractivity contribution in [3.8, 4) is 6.07 Å². The van der Waals surface area contributed by atoms with E-state index in [0.29, 0.717) is 17.5 Å². The fraction of sp³-hybridized carbons (Fsp3) is 0.118. The van der Waals surface area contributed by atoms with Crippen LogP contribution in [0.4, 0.5) is 8.78 Å². The summed E-state index contributed by atoms with van der Waals surface area (Å²) >= 11 is 0. The normalized spacial score (nSPS) is 11.2. The number of aryl methyl sites for hydroxylation is 1. The van der Waals surface area contributed by atoms with E-state index in [9.17, 15) is 8.78 Å². The van der Waals surface area contributed by atoms with Crippen LogP contribution in [0.3, 0.4) is 0 Å². The lowest BCUT2D eigenvalue weighted by Gasteiger charge is -2.01. The molecule has 0 spiro atoms. The molecule has 0 aliphatic carbocycles. The zero-order chi connectivity index (χ0) is 15.9. The Morgan fingerprint density at radius 1 is 1.05 bits per heavy atom. The number of benzene rings is 2. The largest absolute Gasteiger partial charge is 0.206 e. The monoisotopic (exact) mass is 297 g/mol. The van der Waals surface area contributed by atoms with Crippen LogP contribution in [-0.2, 0) is 6.42 Å². The Morgan fingerprint density at radius 2 is 1.64 bits per heavy atom. The van der Waals surface area contributed by atoms with Gasteiger partial charge in [-0.1, -0.05) is 19.1 Å². The number of rotatable bonds is 4. The lowest BCUT2D eigenvalue weighted by molar-refractivity contribution is 0.577. The van der Waals surface area contributed by atoms with E-state index in [4.69, 9.17) is 5.26 Å². The van der Waals surface area contributed by atoms with Crippen molar-refractivity contribution in [2.75, 3.05) is 0 Å². The van der Waals surface area contributed by atoms with Gasteiger partial charge in [0.1, 0.15) is 11.6 Å².